The maximum absolute atomic E-state index is 14.2. The molecule has 1 aliphatic rings. The van der Waals surface area contributed by atoms with Gasteiger partial charge in [0.05, 0.1) is 25.0 Å². The zero-order valence-electron chi connectivity index (χ0n) is 22.7. The Morgan fingerprint density at radius 2 is 1.88 bits per heavy atom. The summed E-state index contributed by atoms with van der Waals surface area (Å²) in [7, 11) is -3.98. The predicted octanol–water partition coefficient (Wildman–Crippen LogP) is 4.03. The van der Waals surface area contributed by atoms with Gasteiger partial charge in [-0.15, -0.1) is 0 Å². The number of hydrogen-bond acceptors (Lipinski definition) is 11. The van der Waals surface area contributed by atoms with E-state index >= 15 is 0 Å². The average molecular weight is 582 g/mol. The van der Waals surface area contributed by atoms with E-state index in [2.05, 4.69) is 15.0 Å². The van der Waals surface area contributed by atoms with Crippen molar-refractivity contribution in [3.63, 3.8) is 0 Å². The number of aliphatic hydroxyl groups excluding tert-OH is 1. The fraction of sp³-hybridized carbons (Fsp3) is 0.357. The molecular formula is C28H32N5O7P. The van der Waals surface area contributed by atoms with Crippen LogP contribution in [0.4, 0.5) is 5.82 Å². The van der Waals surface area contributed by atoms with Crippen LogP contribution < -0.4 is 10.3 Å². The van der Waals surface area contributed by atoms with E-state index in [0.29, 0.717) is 22.7 Å². The number of nitrogens with two attached hydrogens (primary N) is 1. The molecule has 5 atom stereocenters. The van der Waals surface area contributed by atoms with Crippen molar-refractivity contribution in [3.8, 4) is 5.75 Å². The number of imidazole rings is 1. The number of aromatic nitrogens is 4. The first-order valence-electron chi connectivity index (χ1n) is 13.2. The second-order valence-corrected chi connectivity index (χ2v) is 11.8. The van der Waals surface area contributed by atoms with Crippen LogP contribution >= 0.6 is 7.60 Å². The van der Waals surface area contributed by atoms with Crippen LogP contribution in [0.2, 0.25) is 0 Å². The number of carbonyl (C=O) groups excluding carboxylic acids is 1. The normalized spacial score (nSPS) is 20.9. The van der Waals surface area contributed by atoms with E-state index in [1.165, 1.54) is 6.33 Å². The van der Waals surface area contributed by atoms with E-state index in [-0.39, 0.29) is 25.0 Å². The molecule has 3 heterocycles. The van der Waals surface area contributed by atoms with Crippen molar-refractivity contribution in [1.82, 2.24) is 19.5 Å². The molecule has 0 radical (unpaired) electrons. The molecule has 0 saturated carbocycles. The molecule has 1 fully saturated rings. The minimum absolute atomic E-state index is 0.0891. The fourth-order valence-corrected chi connectivity index (χ4v) is 6.74. The van der Waals surface area contributed by atoms with Crippen LogP contribution in [0.3, 0.4) is 0 Å². The van der Waals surface area contributed by atoms with E-state index in [0.717, 1.165) is 5.56 Å². The van der Waals surface area contributed by atoms with Crippen LogP contribution in [-0.4, -0.2) is 55.6 Å². The van der Waals surface area contributed by atoms with Crippen molar-refractivity contribution in [2.75, 3.05) is 18.5 Å². The third-order valence-corrected chi connectivity index (χ3v) is 8.71. The van der Waals surface area contributed by atoms with Gasteiger partial charge in [0.1, 0.15) is 42.1 Å². The van der Waals surface area contributed by atoms with Crippen LogP contribution in [0.1, 0.15) is 31.0 Å². The molecular weight excluding hydrogens is 549 g/mol. The number of anilines is 1. The molecule has 5 rings (SSSR count). The number of nitrogens with zero attached hydrogens (tertiary/aromatic N) is 4. The number of fused-ring (bicyclic) bond motifs is 1. The SMILES string of the molecule is Cc1nc(N)c2ncn([C@H]3C[C@@H](OP(=O)(C[C@@H](C)C(=O)OCc4ccccc4)Oc4ccccc4)[C@@H](CO)O3)c2n1. The summed E-state index contributed by atoms with van der Waals surface area (Å²) >= 11 is 0. The minimum atomic E-state index is -3.98. The molecule has 2 aromatic heterocycles. The maximum Gasteiger partial charge on any atom is 0.380 e. The van der Waals surface area contributed by atoms with Crippen LogP contribution in [0.5, 0.6) is 5.75 Å². The van der Waals surface area contributed by atoms with Crippen LogP contribution in [0.25, 0.3) is 11.2 Å². The minimum Gasteiger partial charge on any atom is -0.461 e. The number of aryl methyl sites for hydroxylation is 1. The molecule has 4 aromatic rings. The first-order valence-corrected chi connectivity index (χ1v) is 14.9. The summed E-state index contributed by atoms with van der Waals surface area (Å²) in [5, 5.41) is 10.1. The number of esters is 1. The summed E-state index contributed by atoms with van der Waals surface area (Å²) in [6, 6.07) is 17.9. The molecule has 0 aliphatic carbocycles. The second-order valence-electron chi connectivity index (χ2n) is 9.86. The molecule has 2 aromatic carbocycles. The van der Waals surface area contributed by atoms with Gasteiger partial charge in [-0.05, 0) is 24.6 Å². The van der Waals surface area contributed by atoms with Crippen molar-refractivity contribution in [1.29, 1.82) is 0 Å². The smallest absolute Gasteiger partial charge is 0.380 e. The largest absolute Gasteiger partial charge is 0.461 e. The first kappa shape index (κ1) is 28.7. The molecule has 13 heteroatoms. The number of nitrogen functional groups attached to an aromatic ring is 1. The van der Waals surface area contributed by atoms with Crippen molar-refractivity contribution in [3.05, 3.63) is 78.4 Å². The highest BCUT2D eigenvalue weighted by molar-refractivity contribution is 7.54. The standard InChI is InChI=1S/C28H32N5O7P/c1-18(28(35)37-15-20-9-5-3-6-10-20)16-41(36,39-21-11-7-4-8-12-21)40-22-13-24(38-23(22)14-34)33-17-30-25-26(29)31-19(2)32-27(25)33/h3-12,17-18,22-24,34H,13-16H2,1-2H3,(H2,29,31,32)/t18-,22-,23-,24-,41?/m1/s1. The second kappa shape index (κ2) is 12.4. The third kappa shape index (κ3) is 6.74. The Morgan fingerprint density at radius 3 is 2.59 bits per heavy atom. The van der Waals surface area contributed by atoms with E-state index in [4.69, 9.17) is 24.3 Å². The number of carbonyl (C=O) groups is 1. The van der Waals surface area contributed by atoms with Crippen molar-refractivity contribution >= 4 is 30.5 Å². The number of ether oxygens (including phenoxy) is 2. The van der Waals surface area contributed by atoms with Crippen LogP contribution in [0.15, 0.2) is 67.0 Å². The lowest BCUT2D eigenvalue weighted by atomic mass is 10.2. The van der Waals surface area contributed by atoms with Gasteiger partial charge in [0.25, 0.3) is 0 Å². The van der Waals surface area contributed by atoms with Gasteiger partial charge in [-0.1, -0.05) is 55.5 Å². The Kier molecular flexibility index (Phi) is 8.65. The molecule has 1 unspecified atom stereocenters. The Bertz CT molecular complexity index is 1540. The van der Waals surface area contributed by atoms with E-state index in [9.17, 15) is 14.5 Å². The molecule has 1 saturated heterocycles. The van der Waals surface area contributed by atoms with Gasteiger partial charge in [-0.2, -0.15) is 0 Å². The Labute approximate surface area is 237 Å². The van der Waals surface area contributed by atoms with Gasteiger partial charge in [-0.25, -0.2) is 19.5 Å². The first-order chi connectivity index (χ1) is 19.7. The van der Waals surface area contributed by atoms with Gasteiger partial charge in [0.15, 0.2) is 11.5 Å². The Morgan fingerprint density at radius 1 is 1.17 bits per heavy atom. The van der Waals surface area contributed by atoms with Crippen LogP contribution in [0, 0.1) is 12.8 Å². The zero-order chi connectivity index (χ0) is 29.0. The lowest BCUT2D eigenvalue weighted by molar-refractivity contribution is -0.148. The molecule has 0 amide bonds. The summed E-state index contributed by atoms with van der Waals surface area (Å²) in [4.78, 5) is 25.7. The maximum atomic E-state index is 14.2. The quantitative estimate of drug-likeness (QED) is 0.194. The summed E-state index contributed by atoms with van der Waals surface area (Å²) in [6.45, 7) is 3.02. The van der Waals surface area contributed by atoms with E-state index < -0.39 is 44.5 Å². The highest BCUT2D eigenvalue weighted by Crippen LogP contribution is 2.53. The van der Waals surface area contributed by atoms with Crippen LogP contribution in [-0.2, 0) is 30.0 Å². The highest BCUT2D eigenvalue weighted by atomic mass is 31.2. The average Bonchev–Trinajstić information content (AvgIpc) is 3.56. The highest BCUT2D eigenvalue weighted by Gasteiger charge is 2.44. The molecule has 3 N–H and O–H groups in total. The van der Waals surface area contributed by atoms with Crippen molar-refractivity contribution < 1.29 is 33.0 Å². The summed E-state index contributed by atoms with van der Waals surface area (Å²) < 4.78 is 39.5. The predicted molar refractivity (Wildman–Crippen MR) is 150 cm³/mol. The lowest BCUT2D eigenvalue weighted by Gasteiger charge is -2.26. The van der Waals surface area contributed by atoms with E-state index in [1.54, 1.807) is 48.7 Å². The van der Waals surface area contributed by atoms with Gasteiger partial charge in [0, 0.05) is 6.42 Å². The number of hydrogen-bond donors (Lipinski definition) is 2. The number of rotatable bonds is 11. The number of aliphatic hydroxyl groups is 1. The molecule has 41 heavy (non-hydrogen) atoms. The number of benzene rings is 2. The third-order valence-electron chi connectivity index (χ3n) is 6.64. The summed E-state index contributed by atoms with van der Waals surface area (Å²) in [5.41, 5.74) is 7.73. The van der Waals surface area contributed by atoms with Gasteiger partial charge in [-0.3, -0.25) is 13.9 Å². The number of para-hydroxylation sites is 1. The fourth-order valence-electron chi connectivity index (χ4n) is 4.64. The lowest BCUT2D eigenvalue weighted by Crippen LogP contribution is -2.29. The van der Waals surface area contributed by atoms with Gasteiger partial charge < -0.3 is 24.8 Å². The monoisotopic (exact) mass is 581 g/mol. The molecule has 216 valence electrons. The Hall–Kier alpha value is -3.83. The topological polar surface area (TPSA) is 161 Å². The van der Waals surface area contributed by atoms with Crippen molar-refractivity contribution in [2.24, 2.45) is 5.92 Å². The molecule has 12 nitrogen and oxygen atoms in total. The molecule has 1 aliphatic heterocycles. The summed E-state index contributed by atoms with van der Waals surface area (Å²) in [5.74, 6) is -0.315. The van der Waals surface area contributed by atoms with Gasteiger partial charge in [0.2, 0.25) is 0 Å². The molecule has 0 bridgehead atoms. The van der Waals surface area contributed by atoms with Crippen molar-refractivity contribution in [2.45, 2.75) is 45.3 Å². The van der Waals surface area contributed by atoms with Gasteiger partial charge >= 0.3 is 13.6 Å². The summed E-state index contributed by atoms with van der Waals surface area (Å²) in [6.07, 6.45) is -0.813. The molecule has 0 spiro atoms. The zero-order valence-corrected chi connectivity index (χ0v) is 23.6. The Balaban J connectivity index is 1.34. The van der Waals surface area contributed by atoms with E-state index in [1.807, 2.05) is 30.3 Å².